The quantitative estimate of drug-likeness (QED) is 0.691. The summed E-state index contributed by atoms with van der Waals surface area (Å²) in [5.74, 6) is 0.950. The van der Waals surface area contributed by atoms with Crippen LogP contribution in [0.3, 0.4) is 0 Å². The van der Waals surface area contributed by atoms with Crippen molar-refractivity contribution in [2.24, 2.45) is 0 Å². The first-order valence-corrected chi connectivity index (χ1v) is 9.81. The average molecular weight is 414 g/mol. The van der Waals surface area contributed by atoms with E-state index in [1.807, 2.05) is 42.5 Å². The van der Waals surface area contributed by atoms with Gasteiger partial charge in [-0.1, -0.05) is 64.1 Å². The van der Waals surface area contributed by atoms with E-state index in [1.165, 1.54) is 0 Å². The Morgan fingerprint density at radius 1 is 1.20 bits per heavy atom. The van der Waals surface area contributed by atoms with Crippen LogP contribution in [0.5, 0.6) is 0 Å². The Hall–Kier alpha value is -2.05. The van der Waals surface area contributed by atoms with Gasteiger partial charge in [-0.05, 0) is 18.2 Å². The molecule has 1 aliphatic rings. The van der Waals surface area contributed by atoms with Gasteiger partial charge in [0.15, 0.2) is 5.16 Å². The van der Waals surface area contributed by atoms with E-state index < -0.39 is 0 Å². The maximum absolute atomic E-state index is 12.5. The van der Waals surface area contributed by atoms with E-state index in [9.17, 15) is 4.79 Å². The second kappa shape index (κ2) is 7.06. The number of amides is 1. The van der Waals surface area contributed by atoms with Crippen molar-refractivity contribution < 1.29 is 4.79 Å². The third-order valence-corrected chi connectivity index (χ3v) is 5.58. The predicted molar refractivity (Wildman–Crippen MR) is 104 cm³/mol. The molecule has 1 N–H and O–H groups in total. The smallest absolute Gasteiger partial charge is 0.251 e. The lowest BCUT2D eigenvalue weighted by Gasteiger charge is -2.10. The molecule has 0 saturated heterocycles. The van der Waals surface area contributed by atoms with Crippen LogP contribution in [0.4, 0.5) is 0 Å². The average Bonchev–Trinajstić information content (AvgIpc) is 3.22. The van der Waals surface area contributed by atoms with Crippen LogP contribution in [-0.4, -0.2) is 21.2 Å². The summed E-state index contributed by atoms with van der Waals surface area (Å²) in [7, 11) is 0. The van der Waals surface area contributed by atoms with E-state index in [0.29, 0.717) is 12.1 Å². The fourth-order valence-electron chi connectivity index (χ4n) is 2.93. The molecule has 0 saturated carbocycles. The van der Waals surface area contributed by atoms with Crippen molar-refractivity contribution in [2.75, 3.05) is 5.75 Å². The maximum Gasteiger partial charge on any atom is 0.251 e. The topological polar surface area (TPSA) is 46.9 Å². The standard InChI is InChI=1S/C19H16BrN3OS/c20-15-8-4-7-14(11-15)18(24)21-12-16-17(13-5-2-1-3-6-13)22-19-23(16)9-10-25-19/h1-8,11H,9-10,12H2,(H,21,24). The third kappa shape index (κ3) is 3.37. The predicted octanol–water partition coefficient (Wildman–Crippen LogP) is 4.35. The molecule has 2 heterocycles. The molecule has 0 bridgehead atoms. The number of benzene rings is 2. The largest absolute Gasteiger partial charge is 0.346 e. The molecule has 0 aliphatic carbocycles. The van der Waals surface area contributed by atoms with Crippen molar-refractivity contribution in [3.05, 3.63) is 70.3 Å². The summed E-state index contributed by atoms with van der Waals surface area (Å²) < 4.78 is 3.11. The Balaban J connectivity index is 1.61. The highest BCUT2D eigenvalue weighted by Crippen LogP contribution is 2.33. The van der Waals surface area contributed by atoms with Crippen LogP contribution in [0.25, 0.3) is 11.3 Å². The number of aromatic nitrogens is 2. The van der Waals surface area contributed by atoms with Crippen molar-refractivity contribution in [1.29, 1.82) is 0 Å². The first-order valence-electron chi connectivity index (χ1n) is 8.04. The second-order valence-corrected chi connectivity index (χ2v) is 7.73. The summed E-state index contributed by atoms with van der Waals surface area (Å²) in [5.41, 5.74) is 3.75. The monoisotopic (exact) mass is 413 g/mol. The fraction of sp³-hybridized carbons (Fsp3) is 0.158. The van der Waals surface area contributed by atoms with Gasteiger partial charge in [-0.2, -0.15) is 0 Å². The molecule has 6 heteroatoms. The lowest BCUT2D eigenvalue weighted by molar-refractivity contribution is 0.0950. The molecule has 0 atom stereocenters. The number of imidazole rings is 1. The Labute approximate surface area is 158 Å². The van der Waals surface area contributed by atoms with Gasteiger partial charge in [0.25, 0.3) is 5.91 Å². The molecule has 1 aromatic heterocycles. The highest BCUT2D eigenvalue weighted by molar-refractivity contribution is 9.10. The fourth-order valence-corrected chi connectivity index (χ4v) is 4.30. The minimum atomic E-state index is -0.0819. The number of hydrogen-bond donors (Lipinski definition) is 1. The summed E-state index contributed by atoms with van der Waals surface area (Å²) in [6.07, 6.45) is 0. The first kappa shape index (κ1) is 16.4. The number of carbonyl (C=O) groups excluding carboxylic acids is 1. The highest BCUT2D eigenvalue weighted by atomic mass is 79.9. The number of halogens is 1. The molecular weight excluding hydrogens is 398 g/mol. The van der Waals surface area contributed by atoms with E-state index in [4.69, 9.17) is 4.98 Å². The number of nitrogens with zero attached hydrogens (tertiary/aromatic N) is 2. The van der Waals surface area contributed by atoms with Crippen LogP contribution in [0.1, 0.15) is 16.1 Å². The van der Waals surface area contributed by atoms with E-state index in [1.54, 1.807) is 11.8 Å². The zero-order valence-corrected chi connectivity index (χ0v) is 15.8. The Morgan fingerprint density at radius 3 is 2.84 bits per heavy atom. The molecule has 4 rings (SSSR count). The zero-order valence-electron chi connectivity index (χ0n) is 13.4. The second-order valence-electron chi connectivity index (χ2n) is 5.75. The molecule has 0 unspecified atom stereocenters. The van der Waals surface area contributed by atoms with Gasteiger partial charge in [0.05, 0.1) is 17.9 Å². The number of rotatable bonds is 4. The lowest BCUT2D eigenvalue weighted by Crippen LogP contribution is -2.24. The Morgan fingerprint density at radius 2 is 2.04 bits per heavy atom. The summed E-state index contributed by atoms with van der Waals surface area (Å²) in [6.45, 7) is 1.39. The van der Waals surface area contributed by atoms with Gasteiger partial charge in [0.2, 0.25) is 0 Å². The number of fused-ring (bicyclic) bond motifs is 1. The van der Waals surface area contributed by atoms with Gasteiger partial charge in [0, 0.05) is 27.9 Å². The van der Waals surface area contributed by atoms with Crippen molar-refractivity contribution in [1.82, 2.24) is 14.9 Å². The van der Waals surface area contributed by atoms with Gasteiger partial charge < -0.3 is 9.88 Å². The molecule has 1 amide bonds. The van der Waals surface area contributed by atoms with Gasteiger partial charge in [-0.25, -0.2) is 4.98 Å². The number of thioether (sulfide) groups is 1. The third-order valence-electron chi connectivity index (χ3n) is 4.13. The van der Waals surface area contributed by atoms with E-state index in [2.05, 4.69) is 37.9 Å². The molecule has 126 valence electrons. The van der Waals surface area contributed by atoms with Crippen LogP contribution in [0.2, 0.25) is 0 Å². The van der Waals surface area contributed by atoms with Crippen molar-refractivity contribution in [3.8, 4) is 11.3 Å². The van der Waals surface area contributed by atoms with E-state index in [0.717, 1.165) is 38.9 Å². The van der Waals surface area contributed by atoms with Crippen molar-refractivity contribution >= 4 is 33.6 Å². The first-order chi connectivity index (χ1) is 12.2. The number of carbonyl (C=O) groups is 1. The summed E-state index contributed by atoms with van der Waals surface area (Å²) in [5, 5.41) is 4.07. The molecule has 0 fully saturated rings. The normalized spacial score (nSPS) is 12.8. The number of hydrogen-bond acceptors (Lipinski definition) is 3. The van der Waals surface area contributed by atoms with Gasteiger partial charge in [-0.15, -0.1) is 0 Å². The van der Waals surface area contributed by atoms with Crippen LogP contribution < -0.4 is 5.32 Å². The Bertz CT molecular complexity index is 924. The summed E-state index contributed by atoms with van der Waals surface area (Å²) in [6, 6.07) is 17.5. The van der Waals surface area contributed by atoms with Crippen molar-refractivity contribution in [3.63, 3.8) is 0 Å². The summed E-state index contributed by atoms with van der Waals surface area (Å²) in [4.78, 5) is 17.3. The summed E-state index contributed by atoms with van der Waals surface area (Å²) >= 11 is 5.17. The SMILES string of the molecule is O=C(NCc1c(-c2ccccc2)nc2n1CCS2)c1cccc(Br)c1. The van der Waals surface area contributed by atoms with Gasteiger partial charge in [-0.3, -0.25) is 4.79 Å². The Kier molecular flexibility index (Phi) is 4.63. The highest BCUT2D eigenvalue weighted by Gasteiger charge is 2.22. The number of nitrogens with one attached hydrogen (secondary N) is 1. The van der Waals surface area contributed by atoms with Crippen LogP contribution in [0.15, 0.2) is 64.2 Å². The molecule has 2 aromatic carbocycles. The van der Waals surface area contributed by atoms with E-state index in [-0.39, 0.29) is 5.91 Å². The van der Waals surface area contributed by atoms with Crippen LogP contribution in [0, 0.1) is 0 Å². The minimum Gasteiger partial charge on any atom is -0.346 e. The maximum atomic E-state index is 12.5. The minimum absolute atomic E-state index is 0.0819. The van der Waals surface area contributed by atoms with E-state index >= 15 is 0 Å². The molecule has 0 radical (unpaired) electrons. The lowest BCUT2D eigenvalue weighted by atomic mass is 10.1. The van der Waals surface area contributed by atoms with Crippen LogP contribution >= 0.6 is 27.7 Å². The molecule has 3 aromatic rings. The van der Waals surface area contributed by atoms with Gasteiger partial charge in [0.1, 0.15) is 0 Å². The molecule has 4 nitrogen and oxygen atoms in total. The molecular formula is C19H16BrN3OS. The molecule has 1 aliphatic heterocycles. The van der Waals surface area contributed by atoms with Crippen LogP contribution in [-0.2, 0) is 13.1 Å². The molecule has 25 heavy (non-hydrogen) atoms. The van der Waals surface area contributed by atoms with Gasteiger partial charge >= 0.3 is 0 Å². The van der Waals surface area contributed by atoms with Crippen molar-refractivity contribution in [2.45, 2.75) is 18.2 Å². The molecule has 0 spiro atoms. The zero-order chi connectivity index (χ0) is 17.2.